The third-order valence-electron chi connectivity index (χ3n) is 3.63. The van der Waals surface area contributed by atoms with Gasteiger partial charge >= 0.3 is 0 Å². The lowest BCUT2D eigenvalue weighted by Gasteiger charge is -2.26. The molecule has 1 heterocycles. The summed E-state index contributed by atoms with van der Waals surface area (Å²) in [5, 5.41) is 12.9. The largest absolute Gasteiger partial charge is 0.508 e. The van der Waals surface area contributed by atoms with Gasteiger partial charge in [-0.3, -0.25) is 10.1 Å². The van der Waals surface area contributed by atoms with Crippen LogP contribution in [0.1, 0.15) is 31.9 Å². The van der Waals surface area contributed by atoms with Crippen LogP contribution in [0.3, 0.4) is 0 Å². The van der Waals surface area contributed by atoms with Crippen LogP contribution in [0.25, 0.3) is 0 Å². The molecule has 5 heteroatoms. The van der Waals surface area contributed by atoms with Crippen LogP contribution < -0.4 is 10.1 Å². The van der Waals surface area contributed by atoms with E-state index in [0.29, 0.717) is 18.3 Å². The summed E-state index contributed by atoms with van der Waals surface area (Å²) in [4.78, 5) is 13.9. The number of hydrogen-bond donors (Lipinski definition) is 2. The molecule has 0 bridgehead atoms. The second kappa shape index (κ2) is 6.35. The van der Waals surface area contributed by atoms with Crippen molar-refractivity contribution in [2.75, 3.05) is 20.7 Å². The summed E-state index contributed by atoms with van der Waals surface area (Å²) in [7, 11) is 3.54. The Hall–Kier alpha value is -1.75. The lowest BCUT2D eigenvalue weighted by atomic mass is 10.00. The Morgan fingerprint density at radius 3 is 2.81 bits per heavy atom. The highest BCUT2D eigenvalue weighted by Crippen LogP contribution is 2.35. The summed E-state index contributed by atoms with van der Waals surface area (Å²) >= 11 is 0. The Balaban J connectivity index is 2.13. The van der Waals surface area contributed by atoms with E-state index in [-0.39, 0.29) is 23.7 Å². The van der Waals surface area contributed by atoms with Crippen LogP contribution in [0.15, 0.2) is 18.2 Å². The molecule has 0 fully saturated rings. The van der Waals surface area contributed by atoms with Gasteiger partial charge in [0.05, 0.1) is 12.1 Å². The van der Waals surface area contributed by atoms with Gasteiger partial charge in [-0.05, 0) is 24.5 Å². The third kappa shape index (κ3) is 3.67. The van der Waals surface area contributed by atoms with Crippen LogP contribution in [0.5, 0.6) is 11.5 Å². The predicted octanol–water partition coefficient (Wildman–Crippen LogP) is 1.92. The molecule has 1 aromatic rings. The van der Waals surface area contributed by atoms with Crippen molar-refractivity contribution in [3.05, 3.63) is 23.8 Å². The van der Waals surface area contributed by atoms with Gasteiger partial charge in [0.25, 0.3) is 0 Å². The monoisotopic (exact) mass is 292 g/mol. The number of carbonyl (C=O) groups excluding carboxylic acids is 1. The molecule has 0 saturated carbocycles. The van der Waals surface area contributed by atoms with Gasteiger partial charge in [-0.2, -0.15) is 0 Å². The maximum absolute atomic E-state index is 12.3. The highest BCUT2D eigenvalue weighted by atomic mass is 16.5. The number of rotatable bonds is 5. The average Bonchev–Trinajstić information content (AvgIpc) is 2.78. The molecule has 2 N–H and O–H groups in total. The molecule has 0 radical (unpaired) electrons. The summed E-state index contributed by atoms with van der Waals surface area (Å²) in [5.74, 6) is 1.38. The van der Waals surface area contributed by atoms with Crippen molar-refractivity contribution in [1.29, 1.82) is 0 Å². The summed E-state index contributed by atoms with van der Waals surface area (Å²) in [6, 6.07) is 4.86. The first-order chi connectivity index (χ1) is 9.88. The molecule has 0 aromatic heterocycles. The van der Waals surface area contributed by atoms with Crippen molar-refractivity contribution in [2.45, 2.75) is 32.4 Å². The minimum Gasteiger partial charge on any atom is -0.508 e. The fourth-order valence-electron chi connectivity index (χ4n) is 2.60. The van der Waals surface area contributed by atoms with E-state index in [9.17, 15) is 9.90 Å². The molecule has 1 aliphatic heterocycles. The molecule has 0 saturated heterocycles. The van der Waals surface area contributed by atoms with Gasteiger partial charge in [-0.25, -0.2) is 0 Å². The summed E-state index contributed by atoms with van der Waals surface area (Å²) in [6.45, 7) is 4.69. The fourth-order valence-corrected chi connectivity index (χ4v) is 2.60. The van der Waals surface area contributed by atoms with E-state index in [0.717, 1.165) is 12.0 Å². The van der Waals surface area contributed by atoms with Gasteiger partial charge in [0, 0.05) is 25.7 Å². The molecule has 2 rings (SSSR count). The second-order valence-electron chi connectivity index (χ2n) is 6.17. The molecule has 1 aromatic carbocycles. The summed E-state index contributed by atoms with van der Waals surface area (Å²) in [5.41, 5.74) is 0.994. The Morgan fingerprint density at radius 1 is 1.48 bits per heavy atom. The third-order valence-corrected chi connectivity index (χ3v) is 3.63. The van der Waals surface area contributed by atoms with Gasteiger partial charge in [0.15, 0.2) is 0 Å². The van der Waals surface area contributed by atoms with Gasteiger partial charge in [0.2, 0.25) is 5.91 Å². The normalized spacial score (nSPS) is 18.2. The number of aromatic hydroxyl groups is 1. The van der Waals surface area contributed by atoms with Crippen LogP contribution >= 0.6 is 0 Å². The number of nitrogens with one attached hydrogen (secondary N) is 1. The van der Waals surface area contributed by atoms with E-state index < -0.39 is 0 Å². The number of nitrogens with zero attached hydrogens (tertiary/aromatic N) is 1. The Kier molecular flexibility index (Phi) is 4.73. The molecule has 2 unspecified atom stereocenters. The zero-order chi connectivity index (χ0) is 15.6. The Labute approximate surface area is 125 Å². The van der Waals surface area contributed by atoms with E-state index in [1.54, 1.807) is 31.1 Å². The molecule has 116 valence electrons. The van der Waals surface area contributed by atoms with Gasteiger partial charge < -0.3 is 14.7 Å². The smallest absolute Gasteiger partial charge is 0.239 e. The molecular formula is C16H24N2O3. The number of phenolic OH excluding ortho intramolecular Hbond substituents is 1. The van der Waals surface area contributed by atoms with Crippen LogP contribution in [-0.4, -0.2) is 42.7 Å². The summed E-state index contributed by atoms with van der Waals surface area (Å²) < 4.78 is 5.59. The van der Waals surface area contributed by atoms with Crippen molar-refractivity contribution < 1.29 is 14.6 Å². The lowest BCUT2D eigenvalue weighted by Crippen LogP contribution is -2.46. The van der Waals surface area contributed by atoms with Crippen molar-refractivity contribution in [2.24, 2.45) is 5.92 Å². The molecule has 0 aliphatic carbocycles. The SMILES string of the molecule is CC(C)CC(NC1COc2cc(O)ccc21)C(=O)N(C)C. The highest BCUT2D eigenvalue weighted by molar-refractivity contribution is 5.81. The number of phenols is 1. The highest BCUT2D eigenvalue weighted by Gasteiger charge is 2.30. The summed E-state index contributed by atoms with van der Waals surface area (Å²) in [6.07, 6.45) is 0.779. The van der Waals surface area contributed by atoms with Gasteiger partial charge in [-0.1, -0.05) is 13.8 Å². The van der Waals surface area contributed by atoms with Crippen molar-refractivity contribution in [3.8, 4) is 11.5 Å². The maximum atomic E-state index is 12.3. The molecule has 1 aliphatic rings. The molecule has 21 heavy (non-hydrogen) atoms. The predicted molar refractivity (Wildman–Crippen MR) is 81.4 cm³/mol. The Morgan fingerprint density at radius 2 is 2.19 bits per heavy atom. The van der Waals surface area contributed by atoms with E-state index in [4.69, 9.17) is 4.74 Å². The quantitative estimate of drug-likeness (QED) is 0.870. The van der Waals surface area contributed by atoms with Crippen molar-refractivity contribution in [1.82, 2.24) is 10.2 Å². The van der Waals surface area contributed by atoms with Crippen LogP contribution in [0, 0.1) is 5.92 Å². The first-order valence-corrected chi connectivity index (χ1v) is 7.31. The van der Waals surface area contributed by atoms with Gasteiger partial charge in [-0.15, -0.1) is 0 Å². The number of hydrogen-bond acceptors (Lipinski definition) is 4. The first kappa shape index (κ1) is 15.6. The number of ether oxygens (including phenoxy) is 1. The Bertz CT molecular complexity index is 514. The van der Waals surface area contributed by atoms with Crippen molar-refractivity contribution >= 4 is 5.91 Å². The zero-order valence-corrected chi connectivity index (χ0v) is 13.1. The van der Waals surface area contributed by atoms with Crippen LogP contribution in [-0.2, 0) is 4.79 Å². The topological polar surface area (TPSA) is 61.8 Å². The number of likely N-dealkylation sites (N-methyl/N-ethyl adjacent to an activating group) is 1. The molecule has 0 spiro atoms. The lowest BCUT2D eigenvalue weighted by molar-refractivity contribution is -0.131. The number of benzene rings is 1. The van der Waals surface area contributed by atoms with E-state index in [1.165, 1.54) is 0 Å². The minimum atomic E-state index is -0.228. The standard InChI is InChI=1S/C16H24N2O3/c1-10(2)7-13(16(20)18(3)4)17-14-9-21-15-8-11(19)5-6-12(14)15/h5-6,8,10,13-14,17,19H,7,9H2,1-4H3. The van der Waals surface area contributed by atoms with E-state index in [1.807, 2.05) is 6.07 Å². The van der Waals surface area contributed by atoms with E-state index >= 15 is 0 Å². The average molecular weight is 292 g/mol. The first-order valence-electron chi connectivity index (χ1n) is 7.31. The molecular weight excluding hydrogens is 268 g/mol. The molecule has 1 amide bonds. The number of fused-ring (bicyclic) bond motifs is 1. The van der Waals surface area contributed by atoms with Crippen LogP contribution in [0.4, 0.5) is 0 Å². The molecule has 5 nitrogen and oxygen atoms in total. The van der Waals surface area contributed by atoms with Crippen LogP contribution in [0.2, 0.25) is 0 Å². The maximum Gasteiger partial charge on any atom is 0.239 e. The molecule has 2 atom stereocenters. The number of carbonyl (C=O) groups is 1. The fraction of sp³-hybridized carbons (Fsp3) is 0.562. The number of amides is 1. The minimum absolute atomic E-state index is 0.0201. The zero-order valence-electron chi connectivity index (χ0n) is 13.1. The van der Waals surface area contributed by atoms with Gasteiger partial charge in [0.1, 0.15) is 18.1 Å². The second-order valence-corrected chi connectivity index (χ2v) is 6.17. The van der Waals surface area contributed by atoms with E-state index in [2.05, 4.69) is 19.2 Å². The van der Waals surface area contributed by atoms with Crippen molar-refractivity contribution in [3.63, 3.8) is 0 Å².